The van der Waals surface area contributed by atoms with Crippen LogP contribution in [-0.2, 0) is 0 Å². The second-order valence-corrected chi connectivity index (χ2v) is 12.6. The van der Waals surface area contributed by atoms with E-state index >= 15 is 0 Å². The van der Waals surface area contributed by atoms with Gasteiger partial charge in [-0.05, 0) is 82.2 Å². The van der Waals surface area contributed by atoms with Crippen molar-refractivity contribution in [3.63, 3.8) is 0 Å². The van der Waals surface area contributed by atoms with Crippen LogP contribution in [0.2, 0.25) is 0 Å². The van der Waals surface area contributed by atoms with Crippen LogP contribution >= 0.6 is 0 Å². The number of hydrogen-bond donors (Lipinski definition) is 0. The average molecular weight is 639 g/mol. The molecule has 0 unspecified atom stereocenters. The Morgan fingerprint density at radius 1 is 0.260 bits per heavy atom. The summed E-state index contributed by atoms with van der Waals surface area (Å²) in [6.45, 7) is 7.55. The van der Waals surface area contributed by atoms with Crippen molar-refractivity contribution >= 4 is 67.0 Å². The predicted molar refractivity (Wildman–Crippen MR) is 208 cm³/mol. The first-order chi connectivity index (χ1) is 24.8. The summed E-state index contributed by atoms with van der Waals surface area (Å²) in [4.78, 5) is 8.79. The molecule has 0 fully saturated rings. The number of anilines is 8. The summed E-state index contributed by atoms with van der Waals surface area (Å²) in [5.41, 5.74) is 10.9. The summed E-state index contributed by atoms with van der Waals surface area (Å²) in [5.74, 6) is 0. The van der Waals surface area contributed by atoms with Crippen LogP contribution in [0.1, 0.15) is 0 Å². The van der Waals surface area contributed by atoms with Gasteiger partial charge in [0, 0.05) is 22.5 Å². The van der Waals surface area contributed by atoms with Gasteiger partial charge in [0.15, 0.2) is 0 Å². The van der Waals surface area contributed by atoms with Gasteiger partial charge in [0.1, 0.15) is 0 Å². The lowest BCUT2D eigenvalue weighted by atomic mass is 9.90. The number of nitrogens with zero attached hydrogens (tertiary/aromatic N) is 4. The fraction of sp³-hybridized carbons (Fsp3) is 0. The van der Waals surface area contributed by atoms with Crippen molar-refractivity contribution in [1.29, 1.82) is 0 Å². The third-order valence-electron chi connectivity index (χ3n) is 9.70. The Bertz CT molecular complexity index is 2350. The summed E-state index contributed by atoms with van der Waals surface area (Å²) in [6, 6.07) is 64.4. The van der Waals surface area contributed by atoms with Crippen molar-refractivity contribution in [3.05, 3.63) is 195 Å². The van der Waals surface area contributed by atoms with Crippen LogP contribution in [0.15, 0.2) is 182 Å². The van der Waals surface area contributed by atoms with Crippen molar-refractivity contribution in [2.24, 2.45) is 0 Å². The van der Waals surface area contributed by atoms with E-state index in [-0.39, 0.29) is 0 Å². The molecular weight excluding hydrogens is 609 g/mol. The van der Waals surface area contributed by atoms with E-state index in [0.29, 0.717) is 0 Å². The van der Waals surface area contributed by atoms with Gasteiger partial charge in [-0.25, -0.2) is 0 Å². The van der Waals surface area contributed by atoms with Crippen molar-refractivity contribution < 1.29 is 0 Å². The van der Waals surface area contributed by atoms with E-state index < -0.39 is 0 Å². The molecule has 0 atom stereocenters. The monoisotopic (exact) mass is 638 g/mol. The molecule has 0 spiro atoms. The predicted octanol–water partition coefficient (Wildman–Crippen LogP) is 12.2. The maximum absolute atomic E-state index is 3.77. The van der Waals surface area contributed by atoms with Crippen LogP contribution < -0.4 is 19.6 Å². The highest BCUT2D eigenvalue weighted by atomic mass is 15.4. The smallest absolute Gasteiger partial charge is 0.218 e. The Hall–Kier alpha value is -6.52. The van der Waals surface area contributed by atoms with E-state index in [0.717, 1.165) is 56.6 Å². The SMILES string of the molecule is [C]1N(c2ccccc2)c2ccccc2N1c1ccc2ccccc2c1-c1c(N2[C]N(c3ccccc3)c3ccccc32)ccc2ccccc12. The molecule has 2 aliphatic rings. The molecule has 8 aromatic carbocycles. The van der Waals surface area contributed by atoms with Gasteiger partial charge in [0.25, 0.3) is 0 Å². The third-order valence-corrected chi connectivity index (χ3v) is 9.70. The minimum atomic E-state index is 1.06. The normalized spacial score (nSPS) is 13.7. The molecule has 10 rings (SSSR count). The summed E-state index contributed by atoms with van der Waals surface area (Å²) in [5, 5.41) is 4.70. The molecule has 50 heavy (non-hydrogen) atoms. The summed E-state index contributed by atoms with van der Waals surface area (Å²) < 4.78 is 0. The zero-order valence-electron chi connectivity index (χ0n) is 27.1. The highest BCUT2D eigenvalue weighted by Crippen LogP contribution is 2.55. The van der Waals surface area contributed by atoms with Crippen molar-refractivity contribution in [2.45, 2.75) is 0 Å². The Balaban J connectivity index is 1.24. The van der Waals surface area contributed by atoms with Gasteiger partial charge in [-0.15, -0.1) is 0 Å². The number of benzene rings is 8. The molecular formula is C46H30N4. The summed E-state index contributed by atoms with van der Waals surface area (Å²) in [7, 11) is 0. The maximum Gasteiger partial charge on any atom is 0.218 e. The van der Waals surface area contributed by atoms with E-state index in [1.807, 2.05) is 0 Å². The van der Waals surface area contributed by atoms with Gasteiger partial charge in [-0.1, -0.05) is 121 Å². The average Bonchev–Trinajstić information content (AvgIpc) is 3.77. The van der Waals surface area contributed by atoms with Gasteiger partial charge in [-0.3, -0.25) is 0 Å². The zero-order chi connectivity index (χ0) is 33.0. The van der Waals surface area contributed by atoms with Crippen LogP contribution in [0.4, 0.5) is 45.5 Å². The molecule has 0 aliphatic carbocycles. The van der Waals surface area contributed by atoms with E-state index in [9.17, 15) is 0 Å². The van der Waals surface area contributed by atoms with Crippen molar-refractivity contribution in [1.82, 2.24) is 0 Å². The first kappa shape index (κ1) is 28.5. The Morgan fingerprint density at radius 2 is 0.600 bits per heavy atom. The van der Waals surface area contributed by atoms with Crippen LogP contribution in [-0.4, -0.2) is 0 Å². The van der Waals surface area contributed by atoms with Gasteiger partial charge in [0.05, 0.1) is 34.1 Å². The lowest BCUT2D eigenvalue weighted by Gasteiger charge is -2.28. The van der Waals surface area contributed by atoms with Gasteiger partial charge in [0.2, 0.25) is 13.3 Å². The number of para-hydroxylation sites is 6. The highest BCUT2D eigenvalue weighted by molar-refractivity contribution is 6.16. The fourth-order valence-corrected chi connectivity index (χ4v) is 7.43. The van der Waals surface area contributed by atoms with Gasteiger partial charge in [-0.2, -0.15) is 0 Å². The Labute approximate surface area is 292 Å². The first-order valence-electron chi connectivity index (χ1n) is 16.9. The molecule has 0 saturated heterocycles. The van der Waals surface area contributed by atoms with Crippen LogP contribution in [0.25, 0.3) is 32.7 Å². The summed E-state index contributed by atoms with van der Waals surface area (Å²) in [6.07, 6.45) is 0. The lowest BCUT2D eigenvalue weighted by molar-refractivity contribution is 1.12. The number of fused-ring (bicyclic) bond motifs is 4. The Kier molecular flexibility index (Phi) is 6.59. The second-order valence-electron chi connectivity index (χ2n) is 12.6. The highest BCUT2D eigenvalue weighted by Gasteiger charge is 2.35. The van der Waals surface area contributed by atoms with Gasteiger partial charge >= 0.3 is 0 Å². The lowest BCUT2D eigenvalue weighted by Crippen LogP contribution is -2.19. The van der Waals surface area contributed by atoms with Gasteiger partial charge < -0.3 is 19.6 Å². The molecule has 4 nitrogen and oxygen atoms in total. The minimum absolute atomic E-state index is 1.06. The molecule has 4 radical (unpaired) electrons. The van der Waals surface area contributed by atoms with Crippen LogP contribution in [0.5, 0.6) is 0 Å². The Morgan fingerprint density at radius 3 is 1.02 bits per heavy atom. The molecule has 0 bridgehead atoms. The molecule has 234 valence electrons. The fourth-order valence-electron chi connectivity index (χ4n) is 7.43. The molecule has 2 heterocycles. The first-order valence-corrected chi connectivity index (χ1v) is 16.9. The largest absolute Gasteiger partial charge is 0.308 e. The van der Waals surface area contributed by atoms with Crippen molar-refractivity contribution in [2.75, 3.05) is 19.6 Å². The summed E-state index contributed by atoms with van der Waals surface area (Å²) >= 11 is 0. The van der Waals surface area contributed by atoms with Crippen LogP contribution in [0, 0.1) is 13.3 Å². The molecule has 0 N–H and O–H groups in total. The second kappa shape index (κ2) is 11.6. The topological polar surface area (TPSA) is 13.0 Å². The molecule has 8 aromatic rings. The standard InChI is InChI=1S/C46H30N4/c1-3-17-35(18-4-1)47-31-49(41-25-13-11-23-39(41)47)43-29-27-33-15-7-9-21-37(33)45(43)46-38-22-10-8-16-34(38)28-30-44(46)50-32-48(36-19-5-2-6-20-36)40-24-12-14-26-42(40)50/h1-30H. The molecule has 4 heteroatoms. The van der Waals surface area contributed by atoms with Crippen molar-refractivity contribution in [3.8, 4) is 11.1 Å². The van der Waals surface area contributed by atoms with Crippen LogP contribution in [0.3, 0.4) is 0 Å². The van der Waals surface area contributed by atoms with E-state index in [1.165, 1.54) is 21.5 Å². The number of hydrogen-bond acceptors (Lipinski definition) is 4. The van der Waals surface area contributed by atoms with E-state index in [4.69, 9.17) is 0 Å². The molecule has 0 aromatic heterocycles. The molecule has 0 amide bonds. The quantitative estimate of drug-likeness (QED) is 0.186. The third kappa shape index (κ3) is 4.46. The zero-order valence-corrected chi connectivity index (χ0v) is 27.1. The number of rotatable bonds is 5. The molecule has 0 saturated carbocycles. The maximum atomic E-state index is 3.77. The van der Waals surface area contributed by atoms with E-state index in [2.05, 4.69) is 215 Å². The minimum Gasteiger partial charge on any atom is -0.308 e. The van der Waals surface area contributed by atoms with E-state index in [1.54, 1.807) is 0 Å². The molecule has 2 aliphatic heterocycles.